The van der Waals surface area contributed by atoms with Crippen LogP contribution < -0.4 is 0 Å². The number of carbonyl (C=O) groups is 4. The first kappa shape index (κ1) is 98.4. The molecule has 5 unspecified atom stereocenters. The Morgan fingerprint density at radius 2 is 0.500 bits per heavy atom. The minimum atomic E-state index is -5.00. The van der Waals surface area contributed by atoms with Crippen molar-refractivity contribution >= 4 is 39.5 Å². The van der Waals surface area contributed by atoms with E-state index >= 15 is 0 Å². The molecular formula is C85H138O17P2. The quantitative estimate of drug-likeness (QED) is 0.0169. The van der Waals surface area contributed by atoms with Crippen LogP contribution in [0.5, 0.6) is 0 Å². The van der Waals surface area contributed by atoms with E-state index in [0.717, 1.165) is 180 Å². The lowest BCUT2D eigenvalue weighted by atomic mass is 10.1. The molecule has 19 heteroatoms. The maximum absolute atomic E-state index is 13.1. The van der Waals surface area contributed by atoms with Crippen molar-refractivity contribution in [3.63, 3.8) is 0 Å². The van der Waals surface area contributed by atoms with Crippen molar-refractivity contribution in [3.8, 4) is 0 Å². The second kappa shape index (κ2) is 75.6. The number of unbranched alkanes of at least 4 members (excludes halogenated alkanes) is 18. The molecule has 0 fully saturated rings. The van der Waals surface area contributed by atoms with Gasteiger partial charge in [0.2, 0.25) is 0 Å². The lowest BCUT2D eigenvalue weighted by Gasteiger charge is -2.21. The summed E-state index contributed by atoms with van der Waals surface area (Å²) in [6.45, 7) is 4.35. The van der Waals surface area contributed by atoms with Crippen LogP contribution in [0.3, 0.4) is 0 Å². The number of rotatable bonds is 72. The van der Waals surface area contributed by atoms with Crippen molar-refractivity contribution in [2.24, 2.45) is 0 Å². The maximum Gasteiger partial charge on any atom is 0.472 e. The predicted molar refractivity (Wildman–Crippen MR) is 426 cm³/mol. The number of hydrogen-bond acceptors (Lipinski definition) is 15. The van der Waals surface area contributed by atoms with Crippen LogP contribution in [0.15, 0.2) is 170 Å². The standard InChI is InChI=1S/C85H138O17P2/c1-5-9-13-17-21-25-29-33-37-38-39-40-44-46-50-54-58-62-66-70-83(88)96-76-81(102-85(90)72-68-64-60-56-52-48-43-36-32-28-24-20-16-12-8-4)78-100-104(93,94)98-74-79(86)73-97-103(91,92)99-77-80(101-84(89)71-67-63-59-55-51-47-42-35-31-27-23-19-15-11-7-3)75-95-82(87)69-65-61-57-53-49-45-41-34-30-26-22-18-14-10-6-2/h10-12,14-16,21-28,33-37,39-43,49,52-53,56,79-81,86H,5-9,13,17-20,29-32,38,44-48,50-51,54-55,57-78H2,1-4H3,(H,91,92)(H,93,94)/b14-10-,15-11-,16-12-,25-21-,26-22-,27-23-,28-24-,37-33-,40-39-,41-34-,42-35-,43-36-,53-49-,56-52-. The summed E-state index contributed by atoms with van der Waals surface area (Å²) in [6.07, 6.45) is 89.1. The molecular weight excluding hydrogens is 1350 g/mol. The number of carbonyl (C=O) groups excluding carboxylic acids is 4. The molecule has 3 N–H and O–H groups in total. The van der Waals surface area contributed by atoms with E-state index in [2.05, 4.69) is 198 Å². The van der Waals surface area contributed by atoms with Crippen molar-refractivity contribution in [1.82, 2.24) is 0 Å². The van der Waals surface area contributed by atoms with E-state index in [4.69, 9.17) is 37.0 Å². The number of aliphatic hydroxyl groups is 1. The Morgan fingerprint density at radius 3 is 0.788 bits per heavy atom. The van der Waals surface area contributed by atoms with Crippen molar-refractivity contribution < 1.29 is 80.2 Å². The van der Waals surface area contributed by atoms with E-state index in [9.17, 15) is 43.2 Å². The van der Waals surface area contributed by atoms with Crippen molar-refractivity contribution in [2.45, 2.75) is 303 Å². The molecule has 0 amide bonds. The number of phosphoric acid groups is 2. The van der Waals surface area contributed by atoms with Gasteiger partial charge < -0.3 is 33.8 Å². The number of hydrogen-bond donors (Lipinski definition) is 3. The first-order chi connectivity index (χ1) is 50.7. The molecule has 0 saturated heterocycles. The van der Waals surface area contributed by atoms with Crippen LogP contribution in [0, 0.1) is 0 Å². The molecule has 0 rings (SSSR count). The van der Waals surface area contributed by atoms with Crippen LogP contribution in [0.4, 0.5) is 0 Å². The normalized spacial score (nSPS) is 14.8. The van der Waals surface area contributed by atoms with E-state index in [1.165, 1.54) is 19.3 Å². The van der Waals surface area contributed by atoms with Crippen LogP contribution in [0.1, 0.15) is 285 Å². The molecule has 104 heavy (non-hydrogen) atoms. The zero-order chi connectivity index (χ0) is 76.0. The fourth-order valence-corrected chi connectivity index (χ4v) is 11.3. The number of ether oxygens (including phenoxy) is 4. The number of allylic oxidation sites excluding steroid dienone is 28. The second-order valence-electron chi connectivity index (χ2n) is 25.5. The molecule has 0 aliphatic carbocycles. The zero-order valence-corrected chi connectivity index (χ0v) is 66.2. The van der Waals surface area contributed by atoms with Gasteiger partial charge in [0.1, 0.15) is 19.3 Å². The molecule has 0 aliphatic rings. The summed E-state index contributed by atoms with van der Waals surface area (Å²) in [4.78, 5) is 73.0. The van der Waals surface area contributed by atoms with Crippen LogP contribution in [-0.4, -0.2) is 96.7 Å². The van der Waals surface area contributed by atoms with Gasteiger partial charge in [-0.25, -0.2) is 9.13 Å². The third kappa shape index (κ3) is 74.7. The van der Waals surface area contributed by atoms with Crippen molar-refractivity contribution in [1.29, 1.82) is 0 Å². The van der Waals surface area contributed by atoms with Crippen LogP contribution in [0.2, 0.25) is 0 Å². The third-order valence-corrected chi connectivity index (χ3v) is 17.6. The molecule has 17 nitrogen and oxygen atoms in total. The van der Waals surface area contributed by atoms with E-state index in [1.54, 1.807) is 0 Å². The summed E-state index contributed by atoms with van der Waals surface area (Å²) in [5.74, 6) is -2.32. The van der Waals surface area contributed by atoms with E-state index in [1.807, 2.05) is 0 Å². The Labute approximate surface area is 629 Å². The van der Waals surface area contributed by atoms with Gasteiger partial charge in [0.05, 0.1) is 26.4 Å². The first-order valence-corrected chi connectivity index (χ1v) is 42.4. The molecule has 0 aromatic carbocycles. The monoisotopic (exact) mass is 1490 g/mol. The molecule has 0 heterocycles. The molecule has 0 aromatic heterocycles. The molecule has 5 atom stereocenters. The molecule has 0 spiro atoms. The van der Waals surface area contributed by atoms with E-state index in [0.29, 0.717) is 32.1 Å². The topological polar surface area (TPSA) is 237 Å². The first-order valence-electron chi connectivity index (χ1n) is 39.4. The van der Waals surface area contributed by atoms with Gasteiger partial charge >= 0.3 is 39.5 Å². The Morgan fingerprint density at radius 1 is 0.279 bits per heavy atom. The number of aliphatic hydroxyl groups excluding tert-OH is 1. The number of phosphoric ester groups is 2. The van der Waals surface area contributed by atoms with Crippen molar-refractivity contribution in [2.75, 3.05) is 39.6 Å². The van der Waals surface area contributed by atoms with Crippen molar-refractivity contribution in [3.05, 3.63) is 170 Å². The SMILES string of the molecule is CC/C=C\C/C=C\C/C=C\C/C=C\CCCCC(=O)OCC(COP(=O)(O)OCC(O)COP(=O)(O)OCC(COC(=O)CCCCCCCC/C=C\C/C=C\C/C=C\CCCCC)OC(=O)CCCC/C=C\C/C=C\C/C=C\C/C=C\CC)OC(=O)CCCCCCC/C=C\C/C=C\C/C=C\CC. The van der Waals surface area contributed by atoms with Crippen LogP contribution >= 0.6 is 15.6 Å². The van der Waals surface area contributed by atoms with Crippen LogP contribution in [-0.2, 0) is 65.4 Å². The second-order valence-corrected chi connectivity index (χ2v) is 28.4. The van der Waals surface area contributed by atoms with Gasteiger partial charge in [-0.15, -0.1) is 0 Å². The highest BCUT2D eigenvalue weighted by Gasteiger charge is 2.30. The summed E-state index contributed by atoms with van der Waals surface area (Å²) >= 11 is 0. The van der Waals surface area contributed by atoms with E-state index in [-0.39, 0.29) is 25.7 Å². The average Bonchev–Trinajstić information content (AvgIpc) is 0.912. The van der Waals surface area contributed by atoms with Gasteiger partial charge in [0, 0.05) is 25.7 Å². The minimum Gasteiger partial charge on any atom is -0.462 e. The highest BCUT2D eigenvalue weighted by Crippen LogP contribution is 2.45. The van der Waals surface area contributed by atoms with E-state index < -0.39 is 97.5 Å². The summed E-state index contributed by atoms with van der Waals surface area (Å²) in [5, 5.41) is 10.6. The molecule has 0 radical (unpaired) electrons. The van der Waals surface area contributed by atoms with Gasteiger partial charge in [-0.2, -0.15) is 0 Å². The summed E-state index contributed by atoms with van der Waals surface area (Å²) in [6, 6.07) is 0. The Bertz CT molecular complexity index is 2640. The smallest absolute Gasteiger partial charge is 0.462 e. The van der Waals surface area contributed by atoms with Gasteiger partial charge in [-0.1, -0.05) is 256 Å². The van der Waals surface area contributed by atoms with Crippen LogP contribution in [0.25, 0.3) is 0 Å². The Kier molecular flexibility index (Phi) is 71.6. The summed E-state index contributed by atoms with van der Waals surface area (Å²) in [7, 11) is -10.0. The Balaban J connectivity index is 5.46. The fourth-order valence-electron chi connectivity index (χ4n) is 9.75. The third-order valence-electron chi connectivity index (χ3n) is 15.7. The Hall–Kier alpha value is -5.58. The van der Waals surface area contributed by atoms with Gasteiger partial charge in [-0.05, 0) is 173 Å². The highest BCUT2D eigenvalue weighted by atomic mass is 31.2. The minimum absolute atomic E-state index is 0.0325. The number of esters is 4. The maximum atomic E-state index is 13.1. The molecule has 0 saturated carbocycles. The van der Waals surface area contributed by atoms with Gasteiger partial charge in [-0.3, -0.25) is 37.3 Å². The summed E-state index contributed by atoms with van der Waals surface area (Å²) in [5.41, 5.74) is 0. The summed E-state index contributed by atoms with van der Waals surface area (Å²) < 4.78 is 68.5. The highest BCUT2D eigenvalue weighted by molar-refractivity contribution is 7.47. The largest absolute Gasteiger partial charge is 0.472 e. The zero-order valence-electron chi connectivity index (χ0n) is 64.4. The van der Waals surface area contributed by atoms with Gasteiger partial charge in [0.15, 0.2) is 12.2 Å². The average molecular weight is 1490 g/mol. The lowest BCUT2D eigenvalue weighted by molar-refractivity contribution is -0.161. The predicted octanol–water partition coefficient (Wildman–Crippen LogP) is 23.0. The molecule has 0 aliphatic heterocycles. The lowest BCUT2D eigenvalue weighted by Crippen LogP contribution is -2.30. The van der Waals surface area contributed by atoms with Gasteiger partial charge in [0.25, 0.3) is 0 Å². The molecule has 590 valence electrons. The molecule has 0 bridgehead atoms. The fraction of sp³-hybridized carbons (Fsp3) is 0.624. The molecule has 0 aromatic rings.